The molecule has 3 nitrogen and oxygen atoms in total. The molecule has 0 aliphatic rings. The maximum atomic E-state index is 13.3. The van der Waals surface area contributed by atoms with Crippen LogP contribution in [0.25, 0.3) is 11.1 Å². The second-order valence-corrected chi connectivity index (χ2v) is 5.09. The van der Waals surface area contributed by atoms with E-state index in [4.69, 9.17) is 5.73 Å². The van der Waals surface area contributed by atoms with Crippen molar-refractivity contribution in [3.63, 3.8) is 0 Å². The van der Waals surface area contributed by atoms with Gasteiger partial charge in [-0.2, -0.15) is 13.2 Å². The number of hydrogen-bond donors (Lipinski definition) is 2. The number of carbonyl (C=O) groups excluding carboxylic acids is 1. The van der Waals surface area contributed by atoms with E-state index in [0.29, 0.717) is 0 Å². The molecule has 0 saturated heterocycles. The molecule has 0 radical (unpaired) electrons. The summed E-state index contributed by atoms with van der Waals surface area (Å²) in [7, 11) is 0. The van der Waals surface area contributed by atoms with E-state index in [-0.39, 0.29) is 15.6 Å². The molecule has 0 aliphatic heterocycles. The Morgan fingerprint density at radius 1 is 1.19 bits per heavy atom. The Labute approximate surface area is 126 Å². The summed E-state index contributed by atoms with van der Waals surface area (Å²) in [6, 6.07) is 8.36. The Hall–Kier alpha value is -2.02. The highest BCUT2D eigenvalue weighted by atomic mass is 79.9. The van der Waals surface area contributed by atoms with Gasteiger partial charge in [0.15, 0.2) is 0 Å². The van der Waals surface area contributed by atoms with Crippen LogP contribution in [0.15, 0.2) is 40.9 Å². The van der Waals surface area contributed by atoms with Gasteiger partial charge in [-0.3, -0.25) is 4.79 Å². The quantitative estimate of drug-likeness (QED) is 0.852. The first-order chi connectivity index (χ1) is 9.73. The highest BCUT2D eigenvalue weighted by molar-refractivity contribution is 9.10. The molecular formula is C14H9BrF3NO2. The highest BCUT2D eigenvalue weighted by Crippen LogP contribution is 2.47. The molecule has 110 valence electrons. The third-order valence-electron chi connectivity index (χ3n) is 2.86. The molecule has 0 saturated carbocycles. The molecule has 3 N–H and O–H groups in total. The Kier molecular flexibility index (Phi) is 3.95. The average Bonchev–Trinajstić information content (AvgIpc) is 2.39. The third kappa shape index (κ3) is 2.87. The van der Waals surface area contributed by atoms with Crippen molar-refractivity contribution in [1.82, 2.24) is 0 Å². The van der Waals surface area contributed by atoms with E-state index < -0.39 is 29.0 Å². The zero-order valence-corrected chi connectivity index (χ0v) is 12.0. The van der Waals surface area contributed by atoms with Crippen LogP contribution in [0.5, 0.6) is 5.75 Å². The number of hydrogen-bond acceptors (Lipinski definition) is 2. The number of rotatable bonds is 2. The van der Waals surface area contributed by atoms with Crippen LogP contribution in [-0.2, 0) is 6.18 Å². The van der Waals surface area contributed by atoms with Crippen molar-refractivity contribution >= 4 is 21.8 Å². The van der Waals surface area contributed by atoms with Gasteiger partial charge < -0.3 is 10.8 Å². The fourth-order valence-electron chi connectivity index (χ4n) is 1.99. The topological polar surface area (TPSA) is 63.3 Å². The van der Waals surface area contributed by atoms with E-state index in [1.807, 2.05) is 0 Å². The summed E-state index contributed by atoms with van der Waals surface area (Å²) in [5.74, 6) is -1.80. The van der Waals surface area contributed by atoms with Gasteiger partial charge >= 0.3 is 6.18 Å². The molecule has 0 heterocycles. The fraction of sp³-hybridized carbons (Fsp3) is 0.0714. The lowest BCUT2D eigenvalue weighted by molar-refractivity contribution is -0.137. The summed E-state index contributed by atoms with van der Waals surface area (Å²) in [6.07, 6.45) is -4.71. The molecule has 2 rings (SSSR count). The van der Waals surface area contributed by atoms with Crippen molar-refractivity contribution in [3.8, 4) is 16.9 Å². The van der Waals surface area contributed by atoms with Crippen molar-refractivity contribution < 1.29 is 23.1 Å². The van der Waals surface area contributed by atoms with Crippen LogP contribution in [0, 0.1) is 0 Å². The zero-order valence-electron chi connectivity index (χ0n) is 10.4. The van der Waals surface area contributed by atoms with Gasteiger partial charge in [-0.25, -0.2) is 0 Å². The first-order valence-corrected chi connectivity index (χ1v) is 6.50. The molecule has 0 aromatic heterocycles. The van der Waals surface area contributed by atoms with Gasteiger partial charge in [-0.05, 0) is 11.6 Å². The van der Waals surface area contributed by atoms with Crippen LogP contribution < -0.4 is 5.73 Å². The highest BCUT2D eigenvalue weighted by Gasteiger charge is 2.38. The van der Waals surface area contributed by atoms with E-state index in [0.717, 1.165) is 6.07 Å². The molecule has 21 heavy (non-hydrogen) atoms. The van der Waals surface area contributed by atoms with Gasteiger partial charge in [0, 0.05) is 10.0 Å². The Balaban J connectivity index is 2.90. The number of halogens is 4. The summed E-state index contributed by atoms with van der Waals surface area (Å²) < 4.78 is 39.4. The molecule has 2 aromatic carbocycles. The minimum atomic E-state index is -4.71. The van der Waals surface area contributed by atoms with Crippen molar-refractivity contribution in [3.05, 3.63) is 52.0 Å². The van der Waals surface area contributed by atoms with Crippen LogP contribution >= 0.6 is 15.9 Å². The van der Waals surface area contributed by atoms with Crippen LogP contribution in [-0.4, -0.2) is 11.0 Å². The van der Waals surface area contributed by atoms with Crippen molar-refractivity contribution in [2.45, 2.75) is 6.18 Å². The Morgan fingerprint density at radius 3 is 2.24 bits per heavy atom. The molecule has 0 bridgehead atoms. The van der Waals surface area contributed by atoms with Crippen molar-refractivity contribution in [2.24, 2.45) is 5.73 Å². The predicted molar refractivity (Wildman–Crippen MR) is 74.8 cm³/mol. The molecule has 0 unspecified atom stereocenters. The van der Waals surface area contributed by atoms with Crippen LogP contribution in [0.2, 0.25) is 0 Å². The zero-order chi connectivity index (χ0) is 15.8. The standard InChI is InChI=1S/C14H9BrF3NO2/c15-9-6-8(13(19)21)12(20)10(11(9)14(16,17)18)7-4-2-1-3-5-7/h1-6,20H,(H2,19,21). The van der Waals surface area contributed by atoms with Crippen LogP contribution in [0.3, 0.4) is 0 Å². The number of carbonyl (C=O) groups is 1. The number of phenols is 1. The largest absolute Gasteiger partial charge is 0.506 e. The van der Waals surface area contributed by atoms with Crippen molar-refractivity contribution in [2.75, 3.05) is 0 Å². The lowest BCUT2D eigenvalue weighted by atomic mass is 9.95. The van der Waals surface area contributed by atoms with E-state index >= 15 is 0 Å². The van der Waals surface area contributed by atoms with Gasteiger partial charge in [0.2, 0.25) is 0 Å². The van der Waals surface area contributed by atoms with E-state index in [1.165, 1.54) is 24.3 Å². The van der Waals surface area contributed by atoms with Gasteiger partial charge in [-0.15, -0.1) is 0 Å². The maximum Gasteiger partial charge on any atom is 0.418 e. The lowest BCUT2D eigenvalue weighted by Gasteiger charge is -2.18. The number of primary amides is 1. The summed E-state index contributed by atoms with van der Waals surface area (Å²) in [6.45, 7) is 0. The van der Waals surface area contributed by atoms with Crippen LogP contribution in [0.1, 0.15) is 15.9 Å². The Bertz CT molecular complexity index is 700. The fourth-order valence-corrected chi connectivity index (χ4v) is 2.64. The van der Waals surface area contributed by atoms with Gasteiger partial charge in [0.25, 0.3) is 5.91 Å². The number of nitrogens with two attached hydrogens (primary N) is 1. The number of aromatic hydroxyl groups is 1. The second-order valence-electron chi connectivity index (χ2n) is 4.23. The molecule has 0 atom stereocenters. The summed E-state index contributed by atoms with van der Waals surface area (Å²) >= 11 is 2.79. The summed E-state index contributed by atoms with van der Waals surface area (Å²) in [5.41, 5.74) is 3.30. The SMILES string of the molecule is NC(=O)c1cc(Br)c(C(F)(F)F)c(-c2ccccc2)c1O. The molecule has 1 amide bonds. The first-order valence-electron chi connectivity index (χ1n) is 5.71. The van der Waals surface area contributed by atoms with Gasteiger partial charge in [-0.1, -0.05) is 46.3 Å². The molecule has 0 spiro atoms. The minimum absolute atomic E-state index is 0.131. The third-order valence-corrected chi connectivity index (χ3v) is 3.49. The monoisotopic (exact) mass is 359 g/mol. The predicted octanol–water partition coefficient (Wildman–Crippen LogP) is 3.94. The number of amides is 1. The number of alkyl halides is 3. The normalized spacial score (nSPS) is 11.4. The minimum Gasteiger partial charge on any atom is -0.506 e. The van der Waals surface area contributed by atoms with E-state index in [9.17, 15) is 23.1 Å². The van der Waals surface area contributed by atoms with Crippen molar-refractivity contribution in [1.29, 1.82) is 0 Å². The summed E-state index contributed by atoms with van der Waals surface area (Å²) in [4.78, 5) is 11.3. The van der Waals surface area contributed by atoms with Gasteiger partial charge in [0.05, 0.1) is 11.1 Å². The molecule has 2 aromatic rings. The maximum absolute atomic E-state index is 13.3. The molecular weight excluding hydrogens is 351 g/mol. The van der Waals surface area contributed by atoms with Crippen LogP contribution in [0.4, 0.5) is 13.2 Å². The average molecular weight is 360 g/mol. The Morgan fingerprint density at radius 2 is 1.76 bits per heavy atom. The second kappa shape index (κ2) is 5.40. The van der Waals surface area contributed by atoms with E-state index in [2.05, 4.69) is 15.9 Å². The molecule has 7 heteroatoms. The first kappa shape index (κ1) is 15.4. The molecule has 0 fully saturated rings. The summed E-state index contributed by atoms with van der Waals surface area (Å²) in [5, 5.41) is 10.1. The van der Waals surface area contributed by atoms with Gasteiger partial charge in [0.1, 0.15) is 5.75 Å². The smallest absolute Gasteiger partial charge is 0.418 e. The lowest BCUT2D eigenvalue weighted by Crippen LogP contribution is -2.15. The number of benzene rings is 2. The van der Waals surface area contributed by atoms with E-state index in [1.54, 1.807) is 6.07 Å². The molecule has 0 aliphatic carbocycles.